The highest BCUT2D eigenvalue weighted by atomic mass is 79.9. The van der Waals surface area contributed by atoms with Crippen LogP contribution in [0.1, 0.15) is 18.1 Å². The second-order valence-corrected chi connectivity index (χ2v) is 7.08. The lowest BCUT2D eigenvalue weighted by atomic mass is 10.2. The summed E-state index contributed by atoms with van der Waals surface area (Å²) in [6, 6.07) is 10.7. The average Bonchev–Trinajstić information content (AvgIpc) is 2.80. The predicted molar refractivity (Wildman–Crippen MR) is 90.7 cm³/mol. The van der Waals surface area contributed by atoms with Crippen LogP contribution >= 0.6 is 43.5 Å². The second kappa shape index (κ2) is 5.71. The number of benzene rings is 2. The molecule has 0 aliphatic heterocycles. The first-order valence-corrected chi connectivity index (χ1v) is 8.27. The van der Waals surface area contributed by atoms with Gasteiger partial charge in [0.05, 0.1) is 20.9 Å². The van der Waals surface area contributed by atoms with Gasteiger partial charge in [0.25, 0.3) is 0 Å². The van der Waals surface area contributed by atoms with E-state index in [0.717, 1.165) is 27.0 Å². The zero-order valence-electron chi connectivity index (χ0n) is 10.9. The fourth-order valence-electron chi connectivity index (χ4n) is 2.23. The van der Waals surface area contributed by atoms with Crippen LogP contribution < -0.4 is 0 Å². The molecule has 0 saturated carbocycles. The van der Waals surface area contributed by atoms with Crippen LogP contribution in [0.3, 0.4) is 0 Å². The van der Waals surface area contributed by atoms with E-state index >= 15 is 0 Å². The van der Waals surface area contributed by atoms with Gasteiger partial charge >= 0.3 is 0 Å². The van der Waals surface area contributed by atoms with Gasteiger partial charge in [0.2, 0.25) is 0 Å². The van der Waals surface area contributed by atoms with Gasteiger partial charge < -0.3 is 0 Å². The molecule has 0 bridgehead atoms. The highest BCUT2D eigenvalue weighted by molar-refractivity contribution is 9.10. The third kappa shape index (κ3) is 2.74. The van der Waals surface area contributed by atoms with Gasteiger partial charge in [-0.15, -0.1) is 11.6 Å². The van der Waals surface area contributed by atoms with Crippen molar-refractivity contribution in [1.29, 1.82) is 0 Å². The summed E-state index contributed by atoms with van der Waals surface area (Å²) >= 11 is 12.9. The molecule has 3 aromatic rings. The van der Waals surface area contributed by atoms with Crippen LogP contribution in [0.25, 0.3) is 16.7 Å². The normalized spacial score (nSPS) is 12.8. The van der Waals surface area contributed by atoms with Crippen molar-refractivity contribution in [2.75, 3.05) is 0 Å². The maximum atomic E-state index is 13.5. The highest BCUT2D eigenvalue weighted by Crippen LogP contribution is 2.31. The smallest absolute Gasteiger partial charge is 0.137 e. The third-order valence-corrected chi connectivity index (χ3v) is 4.46. The number of aromatic nitrogens is 2. The summed E-state index contributed by atoms with van der Waals surface area (Å²) in [7, 11) is 0. The van der Waals surface area contributed by atoms with E-state index in [2.05, 4.69) is 36.8 Å². The summed E-state index contributed by atoms with van der Waals surface area (Å²) in [5.74, 6) is 0.424. The van der Waals surface area contributed by atoms with Crippen molar-refractivity contribution in [3.63, 3.8) is 0 Å². The molecule has 0 radical (unpaired) electrons. The molecular weight excluding hydrogens is 422 g/mol. The lowest BCUT2D eigenvalue weighted by molar-refractivity contribution is 0.620. The van der Waals surface area contributed by atoms with E-state index in [0.29, 0.717) is 4.47 Å². The molecule has 1 unspecified atom stereocenters. The standard InChI is InChI=1S/C15H10Br2ClFN2/c1-8(18)15-20-13-5-2-9(16)6-14(13)21(15)10-3-4-12(19)11(17)7-10/h2-8H,1H3. The first-order valence-electron chi connectivity index (χ1n) is 6.25. The fourth-order valence-corrected chi connectivity index (χ4v) is 3.09. The van der Waals surface area contributed by atoms with E-state index in [9.17, 15) is 4.39 Å². The Morgan fingerprint density at radius 2 is 1.95 bits per heavy atom. The summed E-state index contributed by atoms with van der Waals surface area (Å²) < 4.78 is 16.8. The van der Waals surface area contributed by atoms with Gasteiger partial charge in [0.1, 0.15) is 11.6 Å². The summed E-state index contributed by atoms with van der Waals surface area (Å²) in [5, 5.41) is -0.264. The Bertz CT molecular complexity index is 830. The molecule has 1 atom stereocenters. The highest BCUT2D eigenvalue weighted by Gasteiger charge is 2.17. The number of nitrogens with zero attached hydrogens (tertiary/aromatic N) is 2. The number of fused-ring (bicyclic) bond motifs is 1. The molecule has 0 amide bonds. The minimum Gasteiger partial charge on any atom is -0.295 e. The van der Waals surface area contributed by atoms with Crippen LogP contribution in [0.15, 0.2) is 45.3 Å². The van der Waals surface area contributed by atoms with Gasteiger partial charge in [0.15, 0.2) is 0 Å². The van der Waals surface area contributed by atoms with Crippen LogP contribution in [-0.2, 0) is 0 Å². The van der Waals surface area contributed by atoms with Crippen LogP contribution in [0.4, 0.5) is 4.39 Å². The minimum absolute atomic E-state index is 0.264. The quantitative estimate of drug-likeness (QED) is 0.455. The number of halogens is 4. The lowest BCUT2D eigenvalue weighted by Crippen LogP contribution is -2.02. The van der Waals surface area contributed by atoms with E-state index < -0.39 is 0 Å². The first kappa shape index (κ1) is 15.0. The third-order valence-electron chi connectivity index (χ3n) is 3.16. The molecule has 0 aliphatic carbocycles. The molecule has 108 valence electrons. The van der Waals surface area contributed by atoms with Crippen molar-refractivity contribution in [2.45, 2.75) is 12.3 Å². The van der Waals surface area contributed by atoms with Crippen LogP contribution in [0, 0.1) is 5.82 Å². The van der Waals surface area contributed by atoms with Gasteiger partial charge in [-0.3, -0.25) is 4.57 Å². The zero-order valence-corrected chi connectivity index (χ0v) is 14.9. The lowest BCUT2D eigenvalue weighted by Gasteiger charge is -2.11. The van der Waals surface area contributed by atoms with E-state index in [1.54, 1.807) is 12.1 Å². The fraction of sp³-hybridized carbons (Fsp3) is 0.133. The topological polar surface area (TPSA) is 17.8 Å². The first-order chi connectivity index (χ1) is 9.97. The van der Waals surface area contributed by atoms with E-state index in [1.165, 1.54) is 6.07 Å². The van der Waals surface area contributed by atoms with E-state index in [1.807, 2.05) is 29.7 Å². The summed E-state index contributed by atoms with van der Waals surface area (Å²) in [6.45, 7) is 1.87. The summed E-state index contributed by atoms with van der Waals surface area (Å²) in [6.07, 6.45) is 0. The maximum absolute atomic E-state index is 13.5. The Hall–Kier alpha value is -0.910. The molecular formula is C15H10Br2ClFN2. The molecule has 2 aromatic carbocycles. The van der Waals surface area contributed by atoms with Crippen LogP contribution in [-0.4, -0.2) is 9.55 Å². The minimum atomic E-state index is -0.301. The van der Waals surface area contributed by atoms with E-state index in [4.69, 9.17) is 11.6 Å². The molecule has 2 nitrogen and oxygen atoms in total. The monoisotopic (exact) mass is 430 g/mol. The van der Waals surface area contributed by atoms with Gasteiger partial charge in [-0.05, 0) is 59.3 Å². The van der Waals surface area contributed by atoms with Crippen LogP contribution in [0.2, 0.25) is 0 Å². The van der Waals surface area contributed by atoms with Crippen molar-refractivity contribution in [2.24, 2.45) is 0 Å². The molecule has 0 spiro atoms. The SMILES string of the molecule is CC(Cl)c1nc2ccc(Br)cc2n1-c1ccc(F)c(Br)c1. The Balaban J connectivity index is 2.35. The number of hydrogen-bond donors (Lipinski definition) is 0. The molecule has 0 N–H and O–H groups in total. The van der Waals surface area contributed by atoms with E-state index in [-0.39, 0.29) is 11.2 Å². The summed E-state index contributed by atoms with van der Waals surface area (Å²) in [4.78, 5) is 4.58. The summed E-state index contributed by atoms with van der Waals surface area (Å²) in [5.41, 5.74) is 2.58. The zero-order chi connectivity index (χ0) is 15.1. The molecule has 3 rings (SSSR count). The van der Waals surface area contributed by atoms with Gasteiger partial charge in [-0.25, -0.2) is 9.37 Å². The largest absolute Gasteiger partial charge is 0.295 e. The average molecular weight is 433 g/mol. The molecule has 6 heteroatoms. The Labute approximate surface area is 143 Å². The second-order valence-electron chi connectivity index (χ2n) is 4.65. The van der Waals surface area contributed by atoms with Gasteiger partial charge in [-0.1, -0.05) is 15.9 Å². The Morgan fingerprint density at radius 3 is 2.62 bits per heavy atom. The number of imidazole rings is 1. The Morgan fingerprint density at radius 1 is 1.19 bits per heavy atom. The molecule has 0 fully saturated rings. The predicted octanol–water partition coefficient (Wildman–Crippen LogP) is 5.99. The molecule has 1 aromatic heterocycles. The van der Waals surface area contributed by atoms with Crippen molar-refractivity contribution in [3.05, 3.63) is 57.0 Å². The molecule has 0 saturated heterocycles. The van der Waals surface area contributed by atoms with Crippen molar-refractivity contribution in [1.82, 2.24) is 9.55 Å². The van der Waals surface area contributed by atoms with Crippen LogP contribution in [0.5, 0.6) is 0 Å². The van der Waals surface area contributed by atoms with Crippen molar-refractivity contribution in [3.8, 4) is 5.69 Å². The number of rotatable bonds is 2. The maximum Gasteiger partial charge on any atom is 0.137 e. The number of hydrogen-bond acceptors (Lipinski definition) is 1. The number of alkyl halides is 1. The van der Waals surface area contributed by atoms with Gasteiger partial charge in [-0.2, -0.15) is 0 Å². The van der Waals surface area contributed by atoms with Crippen molar-refractivity contribution < 1.29 is 4.39 Å². The Kier molecular flexibility index (Phi) is 4.08. The molecule has 21 heavy (non-hydrogen) atoms. The molecule has 1 heterocycles. The molecule has 0 aliphatic rings. The van der Waals surface area contributed by atoms with Crippen molar-refractivity contribution >= 4 is 54.5 Å². The van der Waals surface area contributed by atoms with Gasteiger partial charge in [0, 0.05) is 10.2 Å².